The maximum absolute atomic E-state index is 12.4. The third-order valence-electron chi connectivity index (χ3n) is 2.93. The van der Waals surface area contributed by atoms with Crippen molar-refractivity contribution in [3.63, 3.8) is 0 Å². The van der Waals surface area contributed by atoms with Crippen LogP contribution in [0.3, 0.4) is 0 Å². The highest BCUT2D eigenvalue weighted by Crippen LogP contribution is 2.19. The molecular formula is C15H17F2N3. The highest BCUT2D eigenvalue weighted by Gasteiger charge is 2.05. The van der Waals surface area contributed by atoms with Gasteiger partial charge in [0.25, 0.3) is 6.43 Å². The summed E-state index contributed by atoms with van der Waals surface area (Å²) in [6, 6.07) is 10.2. The number of alkyl halides is 2. The average molecular weight is 277 g/mol. The third-order valence-corrected chi connectivity index (χ3v) is 2.93. The Bertz CT molecular complexity index is 485. The van der Waals surface area contributed by atoms with Crippen molar-refractivity contribution >= 4 is 11.5 Å². The van der Waals surface area contributed by atoms with Crippen molar-refractivity contribution in [2.24, 2.45) is 0 Å². The summed E-state index contributed by atoms with van der Waals surface area (Å²) in [4.78, 5) is 6.22. The first-order valence-corrected chi connectivity index (χ1v) is 6.30. The molecule has 5 heteroatoms. The minimum absolute atomic E-state index is 0.0470. The Morgan fingerprint density at radius 1 is 1.10 bits per heavy atom. The maximum atomic E-state index is 12.4. The van der Waals surface area contributed by atoms with Crippen LogP contribution in [0.25, 0.3) is 0 Å². The number of nitrogens with zero attached hydrogens (tertiary/aromatic N) is 2. The second-order valence-electron chi connectivity index (χ2n) is 4.70. The number of aromatic nitrogens is 1. The predicted molar refractivity (Wildman–Crippen MR) is 77.3 cm³/mol. The van der Waals surface area contributed by atoms with Gasteiger partial charge in [-0.1, -0.05) is 24.3 Å². The van der Waals surface area contributed by atoms with Crippen molar-refractivity contribution in [2.75, 3.05) is 24.3 Å². The van der Waals surface area contributed by atoms with Crippen LogP contribution in [0, 0.1) is 0 Å². The number of rotatable bonds is 5. The van der Waals surface area contributed by atoms with E-state index in [0.29, 0.717) is 6.54 Å². The normalized spacial score (nSPS) is 10.7. The largest absolute Gasteiger partial charge is 0.380 e. The summed E-state index contributed by atoms with van der Waals surface area (Å²) in [5.41, 5.74) is 1.89. The Morgan fingerprint density at radius 2 is 1.80 bits per heavy atom. The zero-order valence-corrected chi connectivity index (χ0v) is 11.5. The molecule has 0 amide bonds. The number of pyridine rings is 1. The Labute approximate surface area is 117 Å². The van der Waals surface area contributed by atoms with E-state index in [-0.39, 0.29) is 5.56 Å². The molecule has 106 valence electrons. The number of anilines is 2. The van der Waals surface area contributed by atoms with Gasteiger partial charge in [0.1, 0.15) is 5.82 Å². The Morgan fingerprint density at radius 3 is 2.30 bits per heavy atom. The second-order valence-corrected chi connectivity index (χ2v) is 4.70. The summed E-state index contributed by atoms with van der Waals surface area (Å²) in [5.74, 6) is 0.886. The van der Waals surface area contributed by atoms with Crippen molar-refractivity contribution in [2.45, 2.75) is 13.0 Å². The molecule has 0 bridgehead atoms. The predicted octanol–water partition coefficient (Wildman–Crippen LogP) is 3.70. The fourth-order valence-electron chi connectivity index (χ4n) is 1.74. The van der Waals surface area contributed by atoms with E-state index < -0.39 is 6.43 Å². The van der Waals surface area contributed by atoms with E-state index in [1.54, 1.807) is 18.3 Å². The molecule has 3 nitrogen and oxygen atoms in total. The van der Waals surface area contributed by atoms with Crippen LogP contribution < -0.4 is 10.2 Å². The highest BCUT2D eigenvalue weighted by molar-refractivity contribution is 5.48. The van der Waals surface area contributed by atoms with Crippen molar-refractivity contribution < 1.29 is 8.78 Å². The van der Waals surface area contributed by atoms with Gasteiger partial charge in [-0.25, -0.2) is 13.8 Å². The summed E-state index contributed by atoms with van der Waals surface area (Å²) < 4.78 is 24.8. The summed E-state index contributed by atoms with van der Waals surface area (Å²) in [5, 5.41) is 3.21. The number of hydrogen-bond acceptors (Lipinski definition) is 3. The van der Waals surface area contributed by atoms with Gasteiger partial charge in [0.15, 0.2) is 0 Å². The topological polar surface area (TPSA) is 28.2 Å². The Hall–Kier alpha value is -2.17. The lowest BCUT2D eigenvalue weighted by molar-refractivity contribution is 0.151. The first-order chi connectivity index (χ1) is 9.56. The Kier molecular flexibility index (Phi) is 4.50. The lowest BCUT2D eigenvalue weighted by atomic mass is 10.1. The molecule has 1 heterocycles. The fourth-order valence-corrected chi connectivity index (χ4v) is 1.74. The first-order valence-electron chi connectivity index (χ1n) is 6.30. The van der Waals surface area contributed by atoms with E-state index >= 15 is 0 Å². The van der Waals surface area contributed by atoms with Gasteiger partial charge in [0.05, 0.1) is 11.9 Å². The molecule has 1 aromatic carbocycles. The minimum atomic E-state index is -2.42. The number of halogens is 2. The van der Waals surface area contributed by atoms with Crippen molar-refractivity contribution in [1.82, 2.24) is 4.98 Å². The van der Waals surface area contributed by atoms with Crippen LogP contribution >= 0.6 is 0 Å². The molecule has 20 heavy (non-hydrogen) atoms. The van der Waals surface area contributed by atoms with Gasteiger partial charge in [-0.05, 0) is 17.7 Å². The van der Waals surface area contributed by atoms with Crippen molar-refractivity contribution in [1.29, 1.82) is 0 Å². The molecule has 0 unspecified atom stereocenters. The van der Waals surface area contributed by atoms with Crippen LogP contribution in [0.15, 0.2) is 42.6 Å². The molecule has 0 fully saturated rings. The lowest BCUT2D eigenvalue weighted by Crippen LogP contribution is -2.10. The third kappa shape index (κ3) is 3.66. The Balaban J connectivity index is 1.94. The summed E-state index contributed by atoms with van der Waals surface area (Å²) >= 11 is 0. The molecule has 0 aliphatic carbocycles. The lowest BCUT2D eigenvalue weighted by Gasteiger charge is -2.12. The SMILES string of the molecule is CN(C)c1ccc(NCc2ccc(C(F)F)cc2)cn1. The van der Waals surface area contributed by atoms with Gasteiger partial charge >= 0.3 is 0 Å². The zero-order chi connectivity index (χ0) is 14.5. The summed E-state index contributed by atoms with van der Waals surface area (Å²) in [6.07, 6.45) is -0.664. The van der Waals surface area contributed by atoms with Gasteiger partial charge in [0, 0.05) is 26.2 Å². The molecule has 0 saturated carbocycles. The molecule has 0 aliphatic rings. The van der Waals surface area contributed by atoms with Gasteiger partial charge in [-0.2, -0.15) is 0 Å². The molecule has 0 atom stereocenters. The summed E-state index contributed by atoms with van der Waals surface area (Å²) in [7, 11) is 3.86. The van der Waals surface area contributed by atoms with Crippen molar-refractivity contribution in [3.05, 3.63) is 53.7 Å². The molecule has 1 aromatic heterocycles. The van der Waals surface area contributed by atoms with E-state index in [1.807, 2.05) is 31.1 Å². The number of nitrogens with one attached hydrogen (secondary N) is 1. The molecule has 0 radical (unpaired) electrons. The van der Waals surface area contributed by atoms with E-state index in [9.17, 15) is 8.78 Å². The van der Waals surface area contributed by atoms with Crippen LogP contribution in [-0.4, -0.2) is 19.1 Å². The fraction of sp³-hybridized carbons (Fsp3) is 0.267. The van der Waals surface area contributed by atoms with E-state index in [0.717, 1.165) is 17.1 Å². The van der Waals surface area contributed by atoms with E-state index in [1.165, 1.54) is 12.1 Å². The van der Waals surface area contributed by atoms with Gasteiger partial charge in [0.2, 0.25) is 0 Å². The second kappa shape index (κ2) is 6.32. The minimum Gasteiger partial charge on any atom is -0.380 e. The zero-order valence-electron chi connectivity index (χ0n) is 11.5. The standard InChI is InChI=1S/C15H17F2N3/c1-20(2)14-8-7-13(10-19-14)18-9-11-3-5-12(6-4-11)15(16)17/h3-8,10,15,18H,9H2,1-2H3. The van der Waals surface area contributed by atoms with Crippen LogP contribution in [0.4, 0.5) is 20.3 Å². The monoisotopic (exact) mass is 277 g/mol. The van der Waals surface area contributed by atoms with Gasteiger partial charge in [-0.3, -0.25) is 0 Å². The first kappa shape index (κ1) is 14.2. The van der Waals surface area contributed by atoms with Gasteiger partial charge in [-0.15, -0.1) is 0 Å². The molecule has 0 saturated heterocycles. The maximum Gasteiger partial charge on any atom is 0.263 e. The van der Waals surface area contributed by atoms with Crippen LogP contribution in [0.1, 0.15) is 17.6 Å². The van der Waals surface area contributed by atoms with Gasteiger partial charge < -0.3 is 10.2 Å². The molecular weight excluding hydrogens is 260 g/mol. The van der Waals surface area contributed by atoms with Crippen molar-refractivity contribution in [3.8, 4) is 0 Å². The number of benzene rings is 1. The molecule has 0 spiro atoms. The van der Waals surface area contributed by atoms with Crippen LogP contribution in [-0.2, 0) is 6.54 Å². The van der Waals surface area contributed by atoms with Crippen LogP contribution in [0.2, 0.25) is 0 Å². The van der Waals surface area contributed by atoms with E-state index in [4.69, 9.17) is 0 Å². The highest BCUT2D eigenvalue weighted by atomic mass is 19.3. The van der Waals surface area contributed by atoms with Crippen LogP contribution in [0.5, 0.6) is 0 Å². The smallest absolute Gasteiger partial charge is 0.263 e. The molecule has 1 N–H and O–H groups in total. The number of hydrogen-bond donors (Lipinski definition) is 1. The van der Waals surface area contributed by atoms with E-state index in [2.05, 4.69) is 10.3 Å². The molecule has 2 rings (SSSR count). The summed E-state index contributed by atoms with van der Waals surface area (Å²) in [6.45, 7) is 0.576. The quantitative estimate of drug-likeness (QED) is 0.903. The molecule has 2 aromatic rings. The average Bonchev–Trinajstić information content (AvgIpc) is 2.46. The molecule has 0 aliphatic heterocycles.